The molecule has 2 aromatic rings. The Kier molecular flexibility index (Phi) is 6.01. The van der Waals surface area contributed by atoms with Gasteiger partial charge in [0.25, 0.3) is 10.0 Å². The largest absolute Gasteiger partial charge is 0.491 e. The van der Waals surface area contributed by atoms with Crippen molar-refractivity contribution in [2.45, 2.75) is 11.8 Å². The topological polar surface area (TPSA) is 55.8 Å². The Morgan fingerprint density at radius 3 is 2.17 bits per heavy atom. The first-order chi connectivity index (χ1) is 11.1. The molecule has 0 saturated carbocycles. The minimum Gasteiger partial charge on any atom is -0.491 e. The number of hydrogen-bond acceptors (Lipinski definition) is 4. The van der Waals surface area contributed by atoms with E-state index >= 15 is 0 Å². The van der Waals surface area contributed by atoms with Gasteiger partial charge in [0.2, 0.25) is 0 Å². The average Bonchev–Trinajstić information content (AvgIpc) is 2.57. The Morgan fingerprint density at radius 1 is 0.957 bits per heavy atom. The molecule has 0 aliphatic rings. The van der Waals surface area contributed by atoms with Crippen molar-refractivity contribution in [1.29, 1.82) is 0 Å². The minimum absolute atomic E-state index is 0.238. The van der Waals surface area contributed by atoms with E-state index in [4.69, 9.17) is 9.47 Å². The van der Waals surface area contributed by atoms with E-state index in [1.807, 2.05) is 25.1 Å². The molecule has 6 heteroatoms. The van der Waals surface area contributed by atoms with Crippen molar-refractivity contribution in [2.75, 3.05) is 31.2 Å². The summed E-state index contributed by atoms with van der Waals surface area (Å²) in [7, 11) is -1.99. The summed E-state index contributed by atoms with van der Waals surface area (Å²) in [5, 5.41) is 0. The number of anilines is 1. The Morgan fingerprint density at radius 2 is 1.61 bits per heavy atom. The van der Waals surface area contributed by atoms with Crippen LogP contribution in [0.2, 0.25) is 0 Å². The Bertz CT molecular complexity index is 699. The first-order valence-electron chi connectivity index (χ1n) is 7.39. The van der Waals surface area contributed by atoms with E-state index in [0.29, 0.717) is 31.2 Å². The normalized spacial score (nSPS) is 11.2. The molecule has 0 heterocycles. The SMILES string of the molecule is CCN(c1ccccc1)S(=O)(=O)c1ccc(OCCOC)cc1. The van der Waals surface area contributed by atoms with Gasteiger partial charge < -0.3 is 9.47 Å². The van der Waals surface area contributed by atoms with Crippen LogP contribution in [0, 0.1) is 0 Å². The molecule has 5 nitrogen and oxygen atoms in total. The molecule has 23 heavy (non-hydrogen) atoms. The Balaban J connectivity index is 2.21. The average molecular weight is 335 g/mol. The molecule has 0 saturated heterocycles. The molecule has 0 radical (unpaired) electrons. The van der Waals surface area contributed by atoms with Gasteiger partial charge in [-0.05, 0) is 43.3 Å². The lowest BCUT2D eigenvalue weighted by Crippen LogP contribution is -2.30. The van der Waals surface area contributed by atoms with Crippen molar-refractivity contribution in [3.05, 3.63) is 54.6 Å². The second-order valence-electron chi connectivity index (χ2n) is 4.82. The van der Waals surface area contributed by atoms with Gasteiger partial charge in [-0.1, -0.05) is 18.2 Å². The highest BCUT2D eigenvalue weighted by Crippen LogP contribution is 2.24. The lowest BCUT2D eigenvalue weighted by atomic mass is 10.3. The first kappa shape index (κ1) is 17.3. The molecule has 2 rings (SSSR count). The zero-order chi connectivity index (χ0) is 16.7. The number of para-hydroxylation sites is 1. The van der Waals surface area contributed by atoms with Crippen LogP contribution in [0.1, 0.15) is 6.92 Å². The zero-order valence-corrected chi connectivity index (χ0v) is 14.1. The fourth-order valence-electron chi connectivity index (χ4n) is 2.16. The third kappa shape index (κ3) is 4.24. The van der Waals surface area contributed by atoms with Crippen LogP contribution in [0.15, 0.2) is 59.5 Å². The van der Waals surface area contributed by atoms with Gasteiger partial charge in [0.05, 0.1) is 17.2 Å². The molecular formula is C17H21NO4S. The van der Waals surface area contributed by atoms with Crippen LogP contribution in [-0.2, 0) is 14.8 Å². The highest BCUT2D eigenvalue weighted by Gasteiger charge is 2.23. The molecule has 124 valence electrons. The molecule has 0 spiro atoms. The molecule has 0 unspecified atom stereocenters. The molecular weight excluding hydrogens is 314 g/mol. The molecule has 0 atom stereocenters. The van der Waals surface area contributed by atoms with Crippen molar-refractivity contribution in [1.82, 2.24) is 0 Å². The molecule has 0 fully saturated rings. The van der Waals surface area contributed by atoms with E-state index in [9.17, 15) is 8.42 Å². The molecule has 0 aliphatic heterocycles. The number of ether oxygens (including phenoxy) is 2. The minimum atomic E-state index is -3.59. The number of nitrogens with zero attached hydrogens (tertiary/aromatic N) is 1. The van der Waals surface area contributed by atoms with Crippen LogP contribution < -0.4 is 9.04 Å². The summed E-state index contributed by atoms with van der Waals surface area (Å²) < 4.78 is 37.3. The fourth-order valence-corrected chi connectivity index (χ4v) is 3.64. The number of methoxy groups -OCH3 is 1. The van der Waals surface area contributed by atoms with Gasteiger partial charge in [0.1, 0.15) is 12.4 Å². The van der Waals surface area contributed by atoms with Gasteiger partial charge in [-0.25, -0.2) is 8.42 Å². The van der Waals surface area contributed by atoms with E-state index in [1.165, 1.54) is 4.31 Å². The molecule has 0 aliphatic carbocycles. The molecule has 0 N–H and O–H groups in total. The van der Waals surface area contributed by atoms with Crippen molar-refractivity contribution >= 4 is 15.7 Å². The fraction of sp³-hybridized carbons (Fsp3) is 0.294. The van der Waals surface area contributed by atoms with E-state index < -0.39 is 10.0 Å². The maximum absolute atomic E-state index is 12.8. The van der Waals surface area contributed by atoms with Crippen molar-refractivity contribution in [2.24, 2.45) is 0 Å². The number of hydrogen-bond donors (Lipinski definition) is 0. The second-order valence-corrected chi connectivity index (χ2v) is 6.68. The Labute approximate surface area is 137 Å². The van der Waals surface area contributed by atoms with Gasteiger partial charge in [-0.2, -0.15) is 0 Å². The van der Waals surface area contributed by atoms with Crippen LogP contribution in [0.25, 0.3) is 0 Å². The highest BCUT2D eigenvalue weighted by atomic mass is 32.2. The van der Waals surface area contributed by atoms with Crippen LogP contribution in [0.5, 0.6) is 5.75 Å². The zero-order valence-electron chi connectivity index (χ0n) is 13.3. The standard InChI is InChI=1S/C17H21NO4S/c1-3-18(15-7-5-4-6-8-15)23(19,20)17-11-9-16(10-12-17)22-14-13-21-2/h4-12H,3,13-14H2,1-2H3. The van der Waals surface area contributed by atoms with Gasteiger partial charge in [-0.15, -0.1) is 0 Å². The summed E-state index contributed by atoms with van der Waals surface area (Å²) in [4.78, 5) is 0.238. The molecule has 0 aromatic heterocycles. The second kappa shape index (κ2) is 7.99. The van der Waals surface area contributed by atoms with Crippen molar-refractivity contribution < 1.29 is 17.9 Å². The smallest absolute Gasteiger partial charge is 0.264 e. The first-order valence-corrected chi connectivity index (χ1v) is 8.83. The van der Waals surface area contributed by atoms with Gasteiger partial charge in [-0.3, -0.25) is 4.31 Å². The maximum Gasteiger partial charge on any atom is 0.264 e. The lowest BCUT2D eigenvalue weighted by Gasteiger charge is -2.23. The van der Waals surface area contributed by atoms with Crippen LogP contribution in [-0.4, -0.2) is 35.3 Å². The van der Waals surface area contributed by atoms with Crippen molar-refractivity contribution in [3.63, 3.8) is 0 Å². The van der Waals surface area contributed by atoms with E-state index in [0.717, 1.165) is 0 Å². The predicted octanol–water partition coefficient (Wildman–Crippen LogP) is 2.93. The van der Waals surface area contributed by atoms with Gasteiger partial charge in [0, 0.05) is 13.7 Å². The summed E-state index contributed by atoms with van der Waals surface area (Å²) in [5.41, 5.74) is 0.649. The summed E-state index contributed by atoms with van der Waals surface area (Å²) in [6.45, 7) is 3.08. The summed E-state index contributed by atoms with van der Waals surface area (Å²) in [5.74, 6) is 0.615. The summed E-state index contributed by atoms with van der Waals surface area (Å²) in [6.07, 6.45) is 0. The van der Waals surface area contributed by atoms with Crippen molar-refractivity contribution in [3.8, 4) is 5.75 Å². The van der Waals surface area contributed by atoms with Crippen LogP contribution >= 0.6 is 0 Å². The molecule has 0 amide bonds. The quantitative estimate of drug-likeness (QED) is 0.696. The number of rotatable bonds is 8. The lowest BCUT2D eigenvalue weighted by molar-refractivity contribution is 0.146. The number of sulfonamides is 1. The molecule has 2 aromatic carbocycles. The van der Waals surface area contributed by atoms with E-state index in [2.05, 4.69) is 0 Å². The Hall–Kier alpha value is -2.05. The summed E-state index contributed by atoms with van der Waals surface area (Å²) >= 11 is 0. The highest BCUT2D eigenvalue weighted by molar-refractivity contribution is 7.92. The third-order valence-corrected chi connectivity index (χ3v) is 5.22. The maximum atomic E-state index is 12.8. The van der Waals surface area contributed by atoms with Crippen LogP contribution in [0.4, 0.5) is 5.69 Å². The van der Waals surface area contributed by atoms with E-state index in [1.54, 1.807) is 43.5 Å². The van der Waals surface area contributed by atoms with Gasteiger partial charge >= 0.3 is 0 Å². The third-order valence-electron chi connectivity index (χ3n) is 3.30. The van der Waals surface area contributed by atoms with Crippen LogP contribution in [0.3, 0.4) is 0 Å². The number of benzene rings is 2. The summed E-state index contributed by atoms with van der Waals surface area (Å²) in [6, 6.07) is 15.5. The van der Waals surface area contributed by atoms with Gasteiger partial charge in [0.15, 0.2) is 0 Å². The monoisotopic (exact) mass is 335 g/mol. The molecule has 0 bridgehead atoms. The van der Waals surface area contributed by atoms with E-state index in [-0.39, 0.29) is 4.90 Å². The predicted molar refractivity (Wildman–Crippen MR) is 90.5 cm³/mol.